The Kier molecular flexibility index (Phi) is 9.13. The molecule has 0 bridgehead atoms. The van der Waals surface area contributed by atoms with Gasteiger partial charge >= 0.3 is 18.1 Å². The van der Waals surface area contributed by atoms with E-state index >= 15 is 0 Å². The molecule has 0 saturated heterocycles. The van der Waals surface area contributed by atoms with Gasteiger partial charge in [0, 0.05) is 24.7 Å². The summed E-state index contributed by atoms with van der Waals surface area (Å²) < 4.78 is 51.8. The van der Waals surface area contributed by atoms with Crippen LogP contribution in [0, 0.1) is 5.92 Å². The number of imidazole rings is 1. The highest BCUT2D eigenvalue weighted by Gasteiger charge is 2.31. The Morgan fingerprint density at radius 3 is 2.34 bits per heavy atom. The lowest BCUT2D eigenvalue weighted by Gasteiger charge is -2.14. The van der Waals surface area contributed by atoms with Crippen molar-refractivity contribution in [3.63, 3.8) is 0 Å². The van der Waals surface area contributed by atoms with E-state index in [1.165, 1.54) is 28.3 Å². The number of benzene rings is 2. The third-order valence-electron chi connectivity index (χ3n) is 6.46. The van der Waals surface area contributed by atoms with E-state index in [2.05, 4.69) is 9.72 Å². The summed E-state index contributed by atoms with van der Waals surface area (Å²) in [7, 11) is 1.46. The van der Waals surface area contributed by atoms with Gasteiger partial charge in [-0.2, -0.15) is 4.98 Å². The Bertz CT molecular complexity index is 1630. The van der Waals surface area contributed by atoms with Gasteiger partial charge in [-0.3, -0.25) is 18.5 Å². The molecule has 4 rings (SSSR count). The number of alkyl halides is 3. The van der Waals surface area contributed by atoms with Gasteiger partial charge in [0.25, 0.3) is 5.56 Å². The minimum Gasteiger partial charge on any atom is -0.425 e. The van der Waals surface area contributed by atoms with Crippen molar-refractivity contribution >= 4 is 22.8 Å². The highest BCUT2D eigenvalue weighted by atomic mass is 35.5. The van der Waals surface area contributed by atoms with E-state index in [4.69, 9.17) is 16.3 Å². The lowest BCUT2D eigenvalue weighted by Crippen LogP contribution is -2.40. The second kappa shape index (κ2) is 12.4. The van der Waals surface area contributed by atoms with Gasteiger partial charge in [0.05, 0.1) is 12.6 Å². The monoisotopic (exact) mass is 594 g/mol. The number of hydrogen-bond donors (Lipinski definition) is 1. The average Bonchev–Trinajstić information content (AvgIpc) is 3.24. The second-order valence-electron chi connectivity index (χ2n) is 10.1. The number of ether oxygens (including phenoxy) is 2. The topological polar surface area (TPSA) is 101 Å². The van der Waals surface area contributed by atoms with Crippen LogP contribution in [0.4, 0.5) is 13.2 Å². The molecule has 2 aromatic carbocycles. The van der Waals surface area contributed by atoms with Crippen LogP contribution in [0.2, 0.25) is 5.02 Å². The Morgan fingerprint density at radius 1 is 1.00 bits per heavy atom. The maximum absolute atomic E-state index is 13.7. The number of nitrogens with zero attached hydrogens (tertiary/aromatic N) is 4. The summed E-state index contributed by atoms with van der Waals surface area (Å²) in [6.07, 6.45) is -4.04. The summed E-state index contributed by atoms with van der Waals surface area (Å²) in [5.41, 5.74) is -0.456. The van der Waals surface area contributed by atoms with Crippen molar-refractivity contribution in [2.45, 2.75) is 58.7 Å². The molecule has 41 heavy (non-hydrogen) atoms. The summed E-state index contributed by atoms with van der Waals surface area (Å²) in [4.78, 5) is 31.2. The van der Waals surface area contributed by atoms with E-state index in [0.717, 1.165) is 28.7 Å². The fraction of sp³-hybridized carbons (Fsp3) is 0.393. The van der Waals surface area contributed by atoms with E-state index in [9.17, 15) is 27.9 Å². The molecule has 1 atom stereocenters. The molecule has 9 nitrogen and oxygen atoms in total. The third-order valence-corrected chi connectivity index (χ3v) is 6.71. The maximum atomic E-state index is 13.7. The van der Waals surface area contributed by atoms with Gasteiger partial charge in [0.15, 0.2) is 11.2 Å². The molecule has 0 spiro atoms. The SMILES string of the molecule is CC(C)CCC(O)CCn1c(=O)c2c(nc(Oc3cccc(OC(F)(F)F)c3)n2Cc2ccc(Cl)cc2)n(C)c1=O. The lowest BCUT2D eigenvalue weighted by atomic mass is 10.0. The molecule has 0 fully saturated rings. The minimum absolute atomic E-state index is 0.0140. The van der Waals surface area contributed by atoms with Crippen LogP contribution in [0.1, 0.15) is 38.7 Å². The molecule has 0 aliphatic carbocycles. The smallest absolute Gasteiger partial charge is 0.425 e. The summed E-state index contributed by atoms with van der Waals surface area (Å²) in [5, 5.41) is 10.9. The summed E-state index contributed by atoms with van der Waals surface area (Å²) in [6, 6.07) is 11.6. The number of aromatic nitrogens is 4. The molecular formula is C28H30ClF3N4O5. The number of rotatable bonds is 11. The average molecular weight is 595 g/mol. The van der Waals surface area contributed by atoms with E-state index in [1.807, 2.05) is 13.8 Å². The van der Waals surface area contributed by atoms with Gasteiger partial charge in [-0.1, -0.05) is 43.6 Å². The number of fused-ring (bicyclic) bond motifs is 1. The molecule has 2 aromatic heterocycles. The van der Waals surface area contributed by atoms with Gasteiger partial charge in [0.1, 0.15) is 11.5 Å². The Labute approximate surface area is 238 Å². The molecule has 0 radical (unpaired) electrons. The van der Waals surface area contributed by atoms with Crippen LogP contribution in [-0.4, -0.2) is 36.3 Å². The van der Waals surface area contributed by atoms with Crippen LogP contribution in [0.3, 0.4) is 0 Å². The molecule has 0 saturated carbocycles. The number of aliphatic hydroxyl groups is 1. The molecular weight excluding hydrogens is 565 g/mol. The quantitative estimate of drug-likeness (QED) is 0.247. The van der Waals surface area contributed by atoms with Crippen LogP contribution in [0.25, 0.3) is 11.2 Å². The van der Waals surface area contributed by atoms with E-state index in [1.54, 1.807) is 24.3 Å². The zero-order valence-electron chi connectivity index (χ0n) is 22.7. The minimum atomic E-state index is -4.90. The predicted octanol–water partition coefficient (Wildman–Crippen LogP) is 5.48. The first-order valence-electron chi connectivity index (χ1n) is 13.0. The van der Waals surface area contributed by atoms with Crippen molar-refractivity contribution in [1.82, 2.24) is 18.7 Å². The first-order valence-corrected chi connectivity index (χ1v) is 13.4. The molecule has 1 N–H and O–H groups in total. The zero-order valence-corrected chi connectivity index (χ0v) is 23.4. The normalized spacial score (nSPS) is 12.7. The number of hydrogen-bond acceptors (Lipinski definition) is 6. The second-order valence-corrected chi connectivity index (χ2v) is 10.6. The molecule has 2 heterocycles. The standard InChI is InChI=1S/C28H30ClF3N4O5/c1-17(2)7-12-20(37)13-14-35-25(38)23-24(34(3)27(35)39)33-26(36(23)16-18-8-10-19(29)11-9-18)40-21-5-4-6-22(15-21)41-28(30,31)32/h4-6,8-11,15,17,20,37H,7,12-14,16H2,1-3H3. The first kappa shape index (κ1) is 30.2. The molecule has 1 unspecified atom stereocenters. The van der Waals surface area contributed by atoms with Crippen molar-refractivity contribution in [1.29, 1.82) is 0 Å². The van der Waals surface area contributed by atoms with E-state index in [0.29, 0.717) is 17.4 Å². The van der Waals surface area contributed by atoms with Gasteiger partial charge in [0.2, 0.25) is 0 Å². The zero-order chi connectivity index (χ0) is 29.9. The van der Waals surface area contributed by atoms with Crippen LogP contribution in [-0.2, 0) is 20.1 Å². The predicted molar refractivity (Wildman–Crippen MR) is 148 cm³/mol. The van der Waals surface area contributed by atoms with Crippen LogP contribution < -0.4 is 20.7 Å². The highest BCUT2D eigenvalue weighted by molar-refractivity contribution is 6.30. The first-order chi connectivity index (χ1) is 19.3. The van der Waals surface area contributed by atoms with E-state index in [-0.39, 0.29) is 42.4 Å². The number of aryl methyl sites for hydroxylation is 1. The Morgan fingerprint density at radius 2 is 1.68 bits per heavy atom. The lowest BCUT2D eigenvalue weighted by molar-refractivity contribution is -0.274. The van der Waals surface area contributed by atoms with Crippen LogP contribution >= 0.6 is 11.6 Å². The summed E-state index contributed by atoms with van der Waals surface area (Å²) >= 11 is 6.02. The number of halogens is 4. The highest BCUT2D eigenvalue weighted by Crippen LogP contribution is 2.30. The fourth-order valence-electron chi connectivity index (χ4n) is 4.33. The van der Waals surface area contributed by atoms with Crippen molar-refractivity contribution in [2.24, 2.45) is 13.0 Å². The third kappa shape index (κ3) is 7.50. The molecule has 13 heteroatoms. The van der Waals surface area contributed by atoms with Crippen molar-refractivity contribution in [3.8, 4) is 17.5 Å². The van der Waals surface area contributed by atoms with Gasteiger partial charge in [-0.05, 0) is 55.0 Å². The largest absolute Gasteiger partial charge is 0.573 e. The van der Waals surface area contributed by atoms with Gasteiger partial charge < -0.3 is 14.6 Å². The maximum Gasteiger partial charge on any atom is 0.573 e. The number of aliphatic hydroxyl groups excluding tert-OH is 1. The molecule has 220 valence electrons. The Balaban J connectivity index is 1.79. The molecule has 0 amide bonds. The van der Waals surface area contributed by atoms with Crippen molar-refractivity contribution < 1.29 is 27.8 Å². The van der Waals surface area contributed by atoms with Gasteiger partial charge in [-0.15, -0.1) is 13.2 Å². The van der Waals surface area contributed by atoms with Crippen molar-refractivity contribution in [3.05, 3.63) is 80.0 Å². The van der Waals surface area contributed by atoms with E-state index < -0.39 is 29.5 Å². The molecule has 0 aliphatic rings. The summed E-state index contributed by atoms with van der Waals surface area (Å²) in [6.45, 7) is 4.15. The van der Waals surface area contributed by atoms with Crippen molar-refractivity contribution in [2.75, 3.05) is 0 Å². The Hall–Kier alpha value is -3.77. The fourth-order valence-corrected chi connectivity index (χ4v) is 4.46. The summed E-state index contributed by atoms with van der Waals surface area (Å²) in [5.74, 6) is -0.128. The van der Waals surface area contributed by atoms with Gasteiger partial charge in [-0.25, -0.2) is 4.79 Å². The van der Waals surface area contributed by atoms with Crippen LogP contribution in [0.15, 0.2) is 58.1 Å². The van der Waals surface area contributed by atoms with Crippen LogP contribution in [0.5, 0.6) is 17.5 Å². The molecule has 0 aliphatic heterocycles. The molecule has 4 aromatic rings.